The molecule has 1 amide bonds. The summed E-state index contributed by atoms with van der Waals surface area (Å²) in [5, 5.41) is 14.7. The molecule has 5 nitrogen and oxygen atoms in total. The largest absolute Gasteiger partial charge is 0.478 e. The number of aromatic carboxylic acids is 1. The summed E-state index contributed by atoms with van der Waals surface area (Å²) in [6.45, 7) is 0.844. The number of carbonyl (C=O) groups is 2. The second kappa shape index (κ2) is 5.37. The molecule has 1 aliphatic rings. The van der Waals surface area contributed by atoms with Gasteiger partial charge in [0.05, 0.1) is 16.6 Å². The minimum Gasteiger partial charge on any atom is -0.478 e. The van der Waals surface area contributed by atoms with E-state index in [4.69, 9.17) is 16.7 Å². The highest BCUT2D eigenvalue weighted by molar-refractivity contribution is 6.33. The Hall–Kier alpha value is -1.59. The Morgan fingerprint density at radius 3 is 2.78 bits per heavy atom. The van der Waals surface area contributed by atoms with Crippen LogP contribution >= 0.6 is 11.6 Å². The van der Waals surface area contributed by atoms with Gasteiger partial charge in [-0.1, -0.05) is 11.6 Å². The summed E-state index contributed by atoms with van der Waals surface area (Å²) in [6, 6.07) is 4.17. The second-order valence-electron chi connectivity index (χ2n) is 4.14. The summed E-state index contributed by atoms with van der Waals surface area (Å²) in [5.74, 6) is -1.21. The second-order valence-corrected chi connectivity index (χ2v) is 4.55. The first-order chi connectivity index (χ1) is 8.58. The van der Waals surface area contributed by atoms with Crippen LogP contribution in [0.1, 0.15) is 23.2 Å². The maximum Gasteiger partial charge on any atom is 0.337 e. The molecule has 1 aliphatic heterocycles. The number of carbonyl (C=O) groups excluding carboxylic acids is 1. The van der Waals surface area contributed by atoms with E-state index in [2.05, 4.69) is 10.6 Å². The lowest BCUT2D eigenvalue weighted by molar-refractivity contribution is -0.117. The van der Waals surface area contributed by atoms with Crippen molar-refractivity contribution in [2.75, 3.05) is 11.9 Å². The van der Waals surface area contributed by atoms with E-state index in [-0.39, 0.29) is 22.5 Å². The Morgan fingerprint density at radius 2 is 2.22 bits per heavy atom. The summed E-state index contributed by atoms with van der Waals surface area (Å²) in [7, 11) is 0. The highest BCUT2D eigenvalue weighted by atomic mass is 35.5. The molecular weight excluding hydrogens is 256 g/mol. The molecule has 1 atom stereocenters. The predicted octanol–water partition coefficient (Wildman–Crippen LogP) is 1.73. The molecule has 0 unspecified atom stereocenters. The van der Waals surface area contributed by atoms with Crippen LogP contribution < -0.4 is 10.6 Å². The summed E-state index contributed by atoms with van der Waals surface area (Å²) in [4.78, 5) is 22.6. The Morgan fingerprint density at radius 1 is 1.44 bits per heavy atom. The average molecular weight is 269 g/mol. The van der Waals surface area contributed by atoms with Gasteiger partial charge < -0.3 is 15.7 Å². The number of amides is 1. The standard InChI is InChI=1S/C12H13ClN2O3/c13-9-6-7(3-4-8(9)12(17)18)15-11(16)10-2-1-5-14-10/h3-4,6,10,14H,1-2,5H2,(H,15,16)(H,17,18)/t10-/m1/s1. The van der Waals surface area contributed by atoms with Crippen LogP contribution in [0.3, 0.4) is 0 Å². The number of hydrogen-bond acceptors (Lipinski definition) is 3. The lowest BCUT2D eigenvalue weighted by Crippen LogP contribution is -2.35. The average Bonchev–Trinajstić information content (AvgIpc) is 2.81. The van der Waals surface area contributed by atoms with Gasteiger partial charge in [-0.2, -0.15) is 0 Å². The number of halogens is 1. The molecule has 1 fully saturated rings. The van der Waals surface area contributed by atoms with Gasteiger partial charge in [-0.05, 0) is 37.6 Å². The first-order valence-electron chi connectivity index (χ1n) is 5.65. The lowest BCUT2D eigenvalue weighted by atomic mass is 10.2. The van der Waals surface area contributed by atoms with Crippen molar-refractivity contribution in [1.29, 1.82) is 0 Å². The van der Waals surface area contributed by atoms with Crippen molar-refractivity contribution in [3.8, 4) is 0 Å². The third kappa shape index (κ3) is 2.80. The number of nitrogens with one attached hydrogen (secondary N) is 2. The fraction of sp³-hybridized carbons (Fsp3) is 0.333. The normalized spacial score (nSPS) is 18.6. The molecule has 6 heteroatoms. The molecule has 0 aliphatic carbocycles. The predicted molar refractivity (Wildman–Crippen MR) is 68.1 cm³/mol. The van der Waals surface area contributed by atoms with Gasteiger partial charge in [0.15, 0.2) is 0 Å². The first-order valence-corrected chi connectivity index (χ1v) is 6.03. The minimum absolute atomic E-state index is 0.0219. The number of hydrogen-bond donors (Lipinski definition) is 3. The van der Waals surface area contributed by atoms with Crippen LogP contribution in [0.25, 0.3) is 0 Å². The third-order valence-corrected chi connectivity index (χ3v) is 3.16. The van der Waals surface area contributed by atoms with Gasteiger partial charge in [0, 0.05) is 5.69 Å². The highest BCUT2D eigenvalue weighted by Gasteiger charge is 2.22. The number of rotatable bonds is 3. The van der Waals surface area contributed by atoms with Crippen LogP contribution in [0.5, 0.6) is 0 Å². The van der Waals surface area contributed by atoms with Crippen LogP contribution in [-0.2, 0) is 4.79 Å². The molecule has 96 valence electrons. The number of anilines is 1. The Balaban J connectivity index is 2.07. The highest BCUT2D eigenvalue weighted by Crippen LogP contribution is 2.21. The molecule has 0 bridgehead atoms. The third-order valence-electron chi connectivity index (χ3n) is 2.84. The smallest absolute Gasteiger partial charge is 0.337 e. The van der Waals surface area contributed by atoms with Gasteiger partial charge in [0.25, 0.3) is 0 Å². The molecule has 0 spiro atoms. The van der Waals surface area contributed by atoms with Crippen molar-refractivity contribution in [1.82, 2.24) is 5.32 Å². The molecule has 2 rings (SSSR count). The van der Waals surface area contributed by atoms with Gasteiger partial charge in [0.2, 0.25) is 5.91 Å². The van der Waals surface area contributed by atoms with E-state index in [1.54, 1.807) is 0 Å². The fourth-order valence-electron chi connectivity index (χ4n) is 1.90. The van der Waals surface area contributed by atoms with Crippen LogP contribution in [0.4, 0.5) is 5.69 Å². The quantitative estimate of drug-likeness (QED) is 0.780. The van der Waals surface area contributed by atoms with E-state index in [9.17, 15) is 9.59 Å². The van der Waals surface area contributed by atoms with Crippen LogP contribution in [0, 0.1) is 0 Å². The van der Waals surface area contributed by atoms with Crippen molar-refractivity contribution in [2.45, 2.75) is 18.9 Å². The number of benzene rings is 1. The SMILES string of the molecule is O=C(O)c1ccc(NC(=O)[C@H]2CCCN2)cc1Cl. The maximum absolute atomic E-state index is 11.8. The van der Waals surface area contributed by atoms with Gasteiger partial charge in [-0.25, -0.2) is 4.79 Å². The molecular formula is C12H13ClN2O3. The van der Waals surface area contributed by atoms with Crippen LogP contribution in [-0.4, -0.2) is 29.6 Å². The van der Waals surface area contributed by atoms with Crippen molar-refractivity contribution in [3.05, 3.63) is 28.8 Å². The zero-order valence-corrected chi connectivity index (χ0v) is 10.3. The zero-order valence-electron chi connectivity index (χ0n) is 9.57. The molecule has 3 N–H and O–H groups in total. The van der Waals surface area contributed by atoms with E-state index in [1.165, 1.54) is 18.2 Å². The van der Waals surface area contributed by atoms with Crippen molar-refractivity contribution in [2.24, 2.45) is 0 Å². The van der Waals surface area contributed by atoms with E-state index < -0.39 is 5.97 Å². The number of carboxylic acid groups (broad SMARTS) is 1. The topological polar surface area (TPSA) is 78.4 Å². The van der Waals surface area contributed by atoms with Gasteiger partial charge in [0.1, 0.15) is 0 Å². The fourth-order valence-corrected chi connectivity index (χ4v) is 2.17. The Kier molecular flexibility index (Phi) is 3.84. The van der Waals surface area contributed by atoms with Gasteiger partial charge >= 0.3 is 5.97 Å². The zero-order chi connectivity index (χ0) is 13.1. The van der Waals surface area contributed by atoms with E-state index >= 15 is 0 Å². The molecule has 0 saturated carbocycles. The molecule has 18 heavy (non-hydrogen) atoms. The van der Waals surface area contributed by atoms with Crippen LogP contribution in [0.2, 0.25) is 5.02 Å². The first kappa shape index (κ1) is 12.9. The monoisotopic (exact) mass is 268 g/mol. The Bertz CT molecular complexity index is 484. The van der Waals surface area contributed by atoms with Crippen LogP contribution in [0.15, 0.2) is 18.2 Å². The molecule has 1 heterocycles. The number of carboxylic acids is 1. The lowest BCUT2D eigenvalue weighted by Gasteiger charge is -2.11. The Labute approximate surface area is 109 Å². The maximum atomic E-state index is 11.8. The molecule has 1 saturated heterocycles. The molecule has 0 radical (unpaired) electrons. The van der Waals surface area contributed by atoms with Crippen molar-refractivity contribution in [3.63, 3.8) is 0 Å². The molecule has 1 aromatic carbocycles. The molecule has 0 aromatic heterocycles. The summed E-state index contributed by atoms with van der Waals surface area (Å²) < 4.78 is 0. The summed E-state index contributed by atoms with van der Waals surface area (Å²) in [5.41, 5.74) is 0.525. The van der Waals surface area contributed by atoms with Crippen molar-refractivity contribution < 1.29 is 14.7 Å². The van der Waals surface area contributed by atoms with E-state index in [1.807, 2.05) is 0 Å². The molecule has 1 aromatic rings. The van der Waals surface area contributed by atoms with Gasteiger partial charge in [-0.15, -0.1) is 0 Å². The van der Waals surface area contributed by atoms with Crippen molar-refractivity contribution >= 4 is 29.2 Å². The van der Waals surface area contributed by atoms with Gasteiger partial charge in [-0.3, -0.25) is 4.79 Å². The summed E-state index contributed by atoms with van der Waals surface area (Å²) in [6.07, 6.45) is 1.80. The summed E-state index contributed by atoms with van der Waals surface area (Å²) >= 11 is 5.82. The minimum atomic E-state index is -1.09. The van der Waals surface area contributed by atoms with E-state index in [0.29, 0.717) is 5.69 Å². The van der Waals surface area contributed by atoms with E-state index in [0.717, 1.165) is 19.4 Å².